The van der Waals surface area contributed by atoms with Gasteiger partial charge in [0.25, 0.3) is 0 Å². The van der Waals surface area contributed by atoms with Crippen LogP contribution in [-0.2, 0) is 17.2 Å². The summed E-state index contributed by atoms with van der Waals surface area (Å²) < 4.78 is 16.6. The van der Waals surface area contributed by atoms with Crippen LogP contribution in [0.15, 0.2) is 36.4 Å². The highest BCUT2D eigenvalue weighted by Gasteiger charge is 1.99. The number of benzene rings is 1. The Morgan fingerprint density at radius 3 is 2.56 bits per heavy atom. The third kappa shape index (κ3) is 4.62. The van der Waals surface area contributed by atoms with Crippen molar-refractivity contribution in [3.05, 3.63) is 42.0 Å². The predicted molar refractivity (Wildman–Crippen MR) is 69.4 cm³/mol. The highest BCUT2D eigenvalue weighted by Crippen LogP contribution is 2.11. The number of aryl methyl sites for hydroxylation is 1. The Hall–Kier alpha value is -1.09. The maximum absolute atomic E-state index is 11.5. The lowest BCUT2D eigenvalue weighted by molar-refractivity contribution is 0.414. The summed E-state index contributed by atoms with van der Waals surface area (Å²) in [4.78, 5) is 0. The van der Waals surface area contributed by atoms with Crippen LogP contribution < -0.4 is 4.74 Å². The number of hydrogen-bond acceptors (Lipinski definition) is 2. The standard InChI is InChI=1S/C13H18O2S/c1-3-4-10-16(14)11-9-12-5-7-13(15-2)8-6-12/h3-8H,9-11H2,1-2H3/b4-3+/t16-/m1/s1. The lowest BCUT2D eigenvalue weighted by Gasteiger charge is -2.03. The van der Waals surface area contributed by atoms with E-state index in [0.29, 0.717) is 5.75 Å². The molecule has 0 fully saturated rings. The first kappa shape index (κ1) is 13.0. The van der Waals surface area contributed by atoms with Crippen LogP contribution >= 0.6 is 0 Å². The summed E-state index contributed by atoms with van der Waals surface area (Å²) in [5.74, 6) is 2.24. The van der Waals surface area contributed by atoms with E-state index in [1.54, 1.807) is 7.11 Å². The van der Waals surface area contributed by atoms with Crippen molar-refractivity contribution in [2.75, 3.05) is 18.6 Å². The molecule has 0 aliphatic rings. The number of hydrogen-bond donors (Lipinski definition) is 0. The number of allylic oxidation sites excluding steroid dienone is 1. The monoisotopic (exact) mass is 238 g/mol. The largest absolute Gasteiger partial charge is 0.497 e. The fourth-order valence-corrected chi connectivity index (χ4v) is 2.35. The molecule has 0 aliphatic heterocycles. The molecule has 0 radical (unpaired) electrons. The van der Waals surface area contributed by atoms with Crippen LogP contribution in [0.4, 0.5) is 0 Å². The van der Waals surface area contributed by atoms with Gasteiger partial charge in [-0.05, 0) is 31.0 Å². The molecule has 0 aliphatic carbocycles. The topological polar surface area (TPSA) is 26.3 Å². The molecule has 1 aromatic rings. The van der Waals surface area contributed by atoms with Gasteiger partial charge in [0.05, 0.1) is 7.11 Å². The Balaban J connectivity index is 2.39. The van der Waals surface area contributed by atoms with E-state index in [9.17, 15) is 4.21 Å². The number of rotatable bonds is 6. The summed E-state index contributed by atoms with van der Waals surface area (Å²) in [5.41, 5.74) is 1.20. The zero-order valence-corrected chi connectivity index (χ0v) is 10.6. The molecule has 0 bridgehead atoms. The fourth-order valence-electron chi connectivity index (χ4n) is 1.31. The van der Waals surface area contributed by atoms with Gasteiger partial charge in [0, 0.05) is 22.3 Å². The van der Waals surface area contributed by atoms with Gasteiger partial charge in [-0.2, -0.15) is 0 Å². The van der Waals surface area contributed by atoms with E-state index in [0.717, 1.165) is 17.9 Å². The van der Waals surface area contributed by atoms with Gasteiger partial charge in [0.15, 0.2) is 0 Å². The van der Waals surface area contributed by atoms with E-state index in [4.69, 9.17) is 4.74 Å². The summed E-state index contributed by atoms with van der Waals surface area (Å²) in [7, 11) is 0.908. The quantitative estimate of drug-likeness (QED) is 0.712. The molecule has 1 atom stereocenters. The average Bonchev–Trinajstić information content (AvgIpc) is 2.34. The Kier molecular flexibility index (Phi) is 5.86. The SMILES string of the molecule is C/C=C/C[S@@](=O)CCc1ccc(OC)cc1. The van der Waals surface area contributed by atoms with Crippen molar-refractivity contribution in [1.29, 1.82) is 0 Å². The maximum atomic E-state index is 11.5. The second-order valence-corrected chi connectivity index (χ2v) is 5.10. The minimum atomic E-state index is -0.746. The molecule has 0 amide bonds. The predicted octanol–water partition coefficient (Wildman–Crippen LogP) is 2.56. The summed E-state index contributed by atoms with van der Waals surface area (Å²) in [5, 5.41) is 0. The maximum Gasteiger partial charge on any atom is 0.118 e. The Morgan fingerprint density at radius 2 is 2.00 bits per heavy atom. The molecule has 0 saturated heterocycles. The average molecular weight is 238 g/mol. The zero-order valence-electron chi connectivity index (χ0n) is 9.81. The van der Waals surface area contributed by atoms with Crippen LogP contribution in [0.3, 0.4) is 0 Å². The first-order chi connectivity index (χ1) is 7.76. The second kappa shape index (κ2) is 7.23. The Labute approximate surface area is 99.8 Å². The third-order valence-electron chi connectivity index (χ3n) is 2.30. The zero-order chi connectivity index (χ0) is 11.8. The minimum absolute atomic E-state index is 0.659. The molecule has 0 aromatic heterocycles. The van der Waals surface area contributed by atoms with E-state index in [2.05, 4.69) is 0 Å². The molecule has 0 unspecified atom stereocenters. The summed E-state index contributed by atoms with van der Waals surface area (Å²) in [6.07, 6.45) is 4.74. The van der Waals surface area contributed by atoms with Crippen LogP contribution in [0.1, 0.15) is 12.5 Å². The van der Waals surface area contributed by atoms with E-state index in [-0.39, 0.29) is 0 Å². The van der Waals surface area contributed by atoms with Crippen LogP contribution in [0.25, 0.3) is 0 Å². The normalized spacial score (nSPS) is 12.9. The first-order valence-corrected chi connectivity index (χ1v) is 6.84. The van der Waals surface area contributed by atoms with Gasteiger partial charge in [-0.15, -0.1) is 0 Å². The first-order valence-electron chi connectivity index (χ1n) is 5.35. The smallest absolute Gasteiger partial charge is 0.118 e. The summed E-state index contributed by atoms with van der Waals surface area (Å²) in [6.45, 7) is 1.95. The molecule has 1 aromatic carbocycles. The van der Waals surface area contributed by atoms with Crippen molar-refractivity contribution in [2.24, 2.45) is 0 Å². The number of ether oxygens (including phenoxy) is 1. The third-order valence-corrected chi connectivity index (χ3v) is 3.52. The molecule has 2 nitrogen and oxygen atoms in total. The Bertz CT molecular complexity index is 355. The molecule has 0 heterocycles. The summed E-state index contributed by atoms with van der Waals surface area (Å²) in [6, 6.07) is 7.91. The van der Waals surface area contributed by atoms with Gasteiger partial charge in [0.2, 0.25) is 0 Å². The highest BCUT2D eigenvalue weighted by molar-refractivity contribution is 7.85. The highest BCUT2D eigenvalue weighted by atomic mass is 32.2. The molecular formula is C13H18O2S. The van der Waals surface area contributed by atoms with Gasteiger partial charge in [0.1, 0.15) is 5.75 Å². The van der Waals surface area contributed by atoms with Crippen molar-refractivity contribution in [3.63, 3.8) is 0 Å². The van der Waals surface area contributed by atoms with Gasteiger partial charge >= 0.3 is 0 Å². The van der Waals surface area contributed by atoms with E-state index in [1.807, 2.05) is 43.3 Å². The van der Waals surface area contributed by atoms with Crippen LogP contribution in [0, 0.1) is 0 Å². The molecular weight excluding hydrogens is 220 g/mol. The lowest BCUT2D eigenvalue weighted by Crippen LogP contribution is -2.03. The Morgan fingerprint density at radius 1 is 1.31 bits per heavy atom. The van der Waals surface area contributed by atoms with Crippen molar-refractivity contribution in [3.8, 4) is 5.75 Å². The van der Waals surface area contributed by atoms with Gasteiger partial charge in [-0.3, -0.25) is 4.21 Å². The minimum Gasteiger partial charge on any atom is -0.497 e. The van der Waals surface area contributed by atoms with Crippen LogP contribution in [0.2, 0.25) is 0 Å². The van der Waals surface area contributed by atoms with Crippen LogP contribution in [0.5, 0.6) is 5.75 Å². The summed E-state index contributed by atoms with van der Waals surface area (Å²) >= 11 is 0. The van der Waals surface area contributed by atoms with Gasteiger partial charge in [-0.1, -0.05) is 24.3 Å². The van der Waals surface area contributed by atoms with Crippen molar-refractivity contribution >= 4 is 10.8 Å². The molecule has 0 saturated carbocycles. The molecule has 88 valence electrons. The van der Waals surface area contributed by atoms with Crippen molar-refractivity contribution in [1.82, 2.24) is 0 Å². The fraction of sp³-hybridized carbons (Fsp3) is 0.385. The van der Waals surface area contributed by atoms with Crippen molar-refractivity contribution in [2.45, 2.75) is 13.3 Å². The molecule has 0 N–H and O–H groups in total. The van der Waals surface area contributed by atoms with E-state index in [1.165, 1.54) is 5.56 Å². The van der Waals surface area contributed by atoms with Crippen molar-refractivity contribution < 1.29 is 8.95 Å². The number of methoxy groups -OCH3 is 1. The van der Waals surface area contributed by atoms with Gasteiger partial charge in [-0.25, -0.2) is 0 Å². The molecule has 3 heteroatoms. The van der Waals surface area contributed by atoms with E-state index >= 15 is 0 Å². The van der Waals surface area contributed by atoms with Gasteiger partial charge < -0.3 is 4.74 Å². The second-order valence-electron chi connectivity index (χ2n) is 3.48. The molecule has 16 heavy (non-hydrogen) atoms. The van der Waals surface area contributed by atoms with Crippen LogP contribution in [-0.4, -0.2) is 22.8 Å². The van der Waals surface area contributed by atoms with E-state index < -0.39 is 10.8 Å². The molecule has 1 rings (SSSR count). The molecule has 0 spiro atoms. The lowest BCUT2D eigenvalue weighted by atomic mass is 10.2.